The average molecular weight is 437 g/mol. The molecule has 0 fully saturated rings. The third-order valence-electron chi connectivity index (χ3n) is 4.91. The van der Waals surface area contributed by atoms with Gasteiger partial charge in [0.15, 0.2) is 11.5 Å². The highest BCUT2D eigenvalue weighted by molar-refractivity contribution is 6.01. The van der Waals surface area contributed by atoms with Crippen molar-refractivity contribution in [2.75, 3.05) is 6.79 Å². The van der Waals surface area contributed by atoms with Gasteiger partial charge in [-0.15, -0.1) is 0 Å². The molecule has 0 aromatic heterocycles. The number of amides is 1. The number of hydrogen-bond acceptors (Lipinski definition) is 6. The second kappa shape index (κ2) is 10.0. The van der Waals surface area contributed by atoms with Gasteiger partial charge in [0.1, 0.15) is 24.0 Å². The third kappa shape index (κ3) is 5.49. The number of hydrogen-bond donors (Lipinski definition) is 1. The number of benzene rings is 3. The number of nitrogens with zero attached hydrogens (tertiary/aromatic N) is 2. The summed E-state index contributed by atoms with van der Waals surface area (Å²) < 4.78 is 16.4. The Morgan fingerprint density at radius 1 is 1.00 bits per heavy atom. The molecule has 162 valence electrons. The molecule has 1 heterocycles. The first-order valence-electron chi connectivity index (χ1n) is 10.1. The molecular weight excluding hydrogens is 418 g/mol. The first-order valence-corrected chi connectivity index (χ1v) is 10.1. The zero-order valence-corrected chi connectivity index (χ0v) is 17.6. The SMILES string of the molecule is N#C/C(=C\c1cccc(OCc2ccc(C#N)cc2)c1)C(=O)NCc1ccc2c(c1)OCO2. The molecule has 0 radical (unpaired) electrons. The molecule has 3 aromatic carbocycles. The minimum Gasteiger partial charge on any atom is -0.489 e. The van der Waals surface area contributed by atoms with E-state index in [0.717, 1.165) is 11.1 Å². The topological polar surface area (TPSA) is 104 Å². The highest BCUT2D eigenvalue weighted by Crippen LogP contribution is 2.32. The van der Waals surface area contributed by atoms with E-state index in [4.69, 9.17) is 19.5 Å². The summed E-state index contributed by atoms with van der Waals surface area (Å²) in [6.45, 7) is 0.769. The maximum absolute atomic E-state index is 12.5. The Hall–Kier alpha value is -4.75. The van der Waals surface area contributed by atoms with Crippen LogP contribution in [0.5, 0.6) is 17.2 Å². The lowest BCUT2D eigenvalue weighted by molar-refractivity contribution is -0.117. The van der Waals surface area contributed by atoms with Gasteiger partial charge >= 0.3 is 0 Å². The van der Waals surface area contributed by atoms with Gasteiger partial charge in [-0.05, 0) is 59.2 Å². The number of carbonyl (C=O) groups excluding carboxylic acids is 1. The molecule has 0 aliphatic carbocycles. The van der Waals surface area contributed by atoms with Gasteiger partial charge in [-0.25, -0.2) is 0 Å². The van der Waals surface area contributed by atoms with Crippen molar-refractivity contribution in [1.82, 2.24) is 5.32 Å². The van der Waals surface area contributed by atoms with E-state index < -0.39 is 5.91 Å². The van der Waals surface area contributed by atoms with Crippen molar-refractivity contribution >= 4 is 12.0 Å². The van der Waals surface area contributed by atoms with Crippen LogP contribution < -0.4 is 19.5 Å². The second-order valence-corrected chi connectivity index (χ2v) is 7.21. The summed E-state index contributed by atoms with van der Waals surface area (Å²) >= 11 is 0. The van der Waals surface area contributed by atoms with Crippen molar-refractivity contribution in [3.8, 4) is 29.4 Å². The van der Waals surface area contributed by atoms with Gasteiger partial charge in [0.2, 0.25) is 6.79 Å². The lowest BCUT2D eigenvalue weighted by Gasteiger charge is -2.08. The molecule has 0 spiro atoms. The fourth-order valence-electron chi connectivity index (χ4n) is 3.18. The van der Waals surface area contributed by atoms with E-state index in [1.807, 2.05) is 24.3 Å². The molecule has 1 amide bonds. The van der Waals surface area contributed by atoms with Crippen LogP contribution in [0.25, 0.3) is 6.08 Å². The second-order valence-electron chi connectivity index (χ2n) is 7.21. The lowest BCUT2D eigenvalue weighted by Crippen LogP contribution is -2.23. The van der Waals surface area contributed by atoms with Gasteiger partial charge in [-0.1, -0.05) is 30.3 Å². The van der Waals surface area contributed by atoms with Crippen LogP contribution in [0.2, 0.25) is 0 Å². The minimum absolute atomic E-state index is 0.0139. The maximum Gasteiger partial charge on any atom is 0.262 e. The van der Waals surface area contributed by atoms with E-state index in [1.165, 1.54) is 6.08 Å². The predicted octanol–water partition coefficient (Wildman–Crippen LogP) is 4.09. The van der Waals surface area contributed by atoms with Crippen molar-refractivity contribution in [2.24, 2.45) is 0 Å². The van der Waals surface area contributed by atoms with Crippen molar-refractivity contribution in [2.45, 2.75) is 13.2 Å². The monoisotopic (exact) mass is 437 g/mol. The number of fused-ring (bicyclic) bond motifs is 1. The van der Waals surface area contributed by atoms with Crippen LogP contribution >= 0.6 is 0 Å². The summed E-state index contributed by atoms with van der Waals surface area (Å²) in [5.74, 6) is 1.44. The Kier molecular flexibility index (Phi) is 6.53. The summed E-state index contributed by atoms with van der Waals surface area (Å²) in [6, 6.07) is 23.7. The Labute approximate surface area is 191 Å². The van der Waals surface area contributed by atoms with Gasteiger partial charge in [-0.3, -0.25) is 4.79 Å². The number of carbonyl (C=O) groups is 1. The zero-order chi connectivity index (χ0) is 23.0. The van der Waals surface area contributed by atoms with Crippen molar-refractivity contribution in [3.05, 3.63) is 94.6 Å². The quantitative estimate of drug-likeness (QED) is 0.441. The largest absolute Gasteiger partial charge is 0.489 e. The fraction of sp³-hybridized carbons (Fsp3) is 0.115. The van der Waals surface area contributed by atoms with Crippen LogP contribution in [0.1, 0.15) is 22.3 Å². The van der Waals surface area contributed by atoms with E-state index in [0.29, 0.717) is 35.0 Å². The Morgan fingerprint density at radius 3 is 2.58 bits per heavy atom. The summed E-state index contributed by atoms with van der Waals surface area (Å²) in [5, 5.41) is 21.1. The van der Waals surface area contributed by atoms with Gasteiger partial charge in [0.05, 0.1) is 11.6 Å². The van der Waals surface area contributed by atoms with Gasteiger partial charge < -0.3 is 19.5 Å². The molecule has 7 heteroatoms. The van der Waals surface area contributed by atoms with Gasteiger partial charge in [0, 0.05) is 6.54 Å². The van der Waals surface area contributed by atoms with Crippen molar-refractivity contribution in [1.29, 1.82) is 10.5 Å². The highest BCUT2D eigenvalue weighted by Gasteiger charge is 2.14. The zero-order valence-electron chi connectivity index (χ0n) is 17.6. The smallest absolute Gasteiger partial charge is 0.262 e. The molecule has 0 bridgehead atoms. The van der Waals surface area contributed by atoms with Crippen LogP contribution in [0.3, 0.4) is 0 Å². The molecule has 0 unspecified atom stereocenters. The molecule has 0 saturated heterocycles. The van der Waals surface area contributed by atoms with E-state index in [1.54, 1.807) is 48.5 Å². The molecule has 1 N–H and O–H groups in total. The van der Waals surface area contributed by atoms with E-state index in [2.05, 4.69) is 11.4 Å². The first kappa shape index (κ1) is 21.5. The number of nitrogens with one attached hydrogen (secondary N) is 1. The molecule has 1 aliphatic heterocycles. The number of nitriles is 2. The minimum atomic E-state index is -0.473. The third-order valence-corrected chi connectivity index (χ3v) is 4.91. The van der Waals surface area contributed by atoms with Crippen molar-refractivity contribution in [3.63, 3.8) is 0 Å². The average Bonchev–Trinajstić information content (AvgIpc) is 3.33. The Bertz CT molecular complexity index is 1280. The molecular formula is C26H19N3O4. The molecule has 1 aliphatic rings. The molecule has 4 rings (SSSR count). The van der Waals surface area contributed by atoms with E-state index in [9.17, 15) is 10.1 Å². The molecule has 0 atom stereocenters. The van der Waals surface area contributed by atoms with Gasteiger partial charge in [-0.2, -0.15) is 10.5 Å². The summed E-state index contributed by atoms with van der Waals surface area (Å²) in [6.07, 6.45) is 1.52. The standard InChI is InChI=1S/C26H19N3O4/c27-13-18-4-6-19(7-5-18)16-31-23-3-1-2-20(11-23)10-22(14-28)26(30)29-15-21-8-9-24-25(12-21)33-17-32-24/h1-12H,15-17H2,(H,29,30)/b22-10+. The van der Waals surface area contributed by atoms with Crippen LogP contribution in [0, 0.1) is 22.7 Å². The predicted molar refractivity (Wildman–Crippen MR) is 120 cm³/mol. The van der Waals surface area contributed by atoms with Crippen LogP contribution in [0.15, 0.2) is 72.3 Å². The van der Waals surface area contributed by atoms with Crippen LogP contribution in [-0.4, -0.2) is 12.7 Å². The number of ether oxygens (including phenoxy) is 3. The Morgan fingerprint density at radius 2 is 1.79 bits per heavy atom. The highest BCUT2D eigenvalue weighted by atomic mass is 16.7. The molecule has 7 nitrogen and oxygen atoms in total. The molecule has 0 saturated carbocycles. The number of rotatable bonds is 7. The summed E-state index contributed by atoms with van der Waals surface area (Å²) in [7, 11) is 0. The molecule has 33 heavy (non-hydrogen) atoms. The summed E-state index contributed by atoms with van der Waals surface area (Å²) in [5.41, 5.74) is 3.01. The van der Waals surface area contributed by atoms with E-state index in [-0.39, 0.29) is 18.9 Å². The van der Waals surface area contributed by atoms with Crippen molar-refractivity contribution < 1.29 is 19.0 Å². The van der Waals surface area contributed by atoms with E-state index >= 15 is 0 Å². The normalized spacial score (nSPS) is 11.9. The fourth-order valence-corrected chi connectivity index (χ4v) is 3.18. The Balaban J connectivity index is 1.38. The maximum atomic E-state index is 12.5. The van der Waals surface area contributed by atoms with Gasteiger partial charge in [0.25, 0.3) is 5.91 Å². The first-order chi connectivity index (χ1) is 16.1. The van der Waals surface area contributed by atoms with Crippen LogP contribution in [-0.2, 0) is 17.9 Å². The molecule has 3 aromatic rings. The summed E-state index contributed by atoms with van der Waals surface area (Å²) in [4.78, 5) is 12.5. The van der Waals surface area contributed by atoms with Crippen LogP contribution in [0.4, 0.5) is 0 Å². The lowest BCUT2D eigenvalue weighted by atomic mass is 10.1.